The lowest BCUT2D eigenvalue weighted by molar-refractivity contribution is -0.129. The van der Waals surface area contributed by atoms with Crippen LogP contribution in [0.15, 0.2) is 29.4 Å². The predicted octanol–water partition coefficient (Wildman–Crippen LogP) is 3.76. The molecule has 0 aliphatic carbocycles. The first-order chi connectivity index (χ1) is 14.1. The van der Waals surface area contributed by atoms with Gasteiger partial charge in [-0.15, -0.1) is 5.10 Å². The fraction of sp³-hybridized carbons (Fsp3) is 0.455. The third kappa shape index (κ3) is 4.15. The number of thioether (sulfide) groups is 1. The molecular weight excluding hydrogens is 382 g/mol. The van der Waals surface area contributed by atoms with Crippen LogP contribution in [0.3, 0.4) is 0 Å². The highest BCUT2D eigenvalue weighted by Gasteiger charge is 2.21. The lowest BCUT2D eigenvalue weighted by Crippen LogP contribution is -2.37. The molecule has 4 rings (SSSR count). The van der Waals surface area contributed by atoms with Crippen molar-refractivity contribution in [1.82, 2.24) is 24.5 Å². The maximum Gasteiger partial charge on any atom is 0.253 e. The van der Waals surface area contributed by atoms with Gasteiger partial charge < -0.3 is 4.90 Å². The smallest absolute Gasteiger partial charge is 0.253 e. The minimum atomic E-state index is 0.132. The first kappa shape index (κ1) is 19.9. The van der Waals surface area contributed by atoms with Crippen LogP contribution < -0.4 is 0 Å². The van der Waals surface area contributed by atoms with Crippen LogP contribution in [0.5, 0.6) is 0 Å². The fourth-order valence-corrected chi connectivity index (χ4v) is 4.61. The number of aromatic nitrogens is 4. The van der Waals surface area contributed by atoms with Crippen molar-refractivity contribution in [2.24, 2.45) is 0 Å². The summed E-state index contributed by atoms with van der Waals surface area (Å²) in [6.07, 6.45) is 4.22. The van der Waals surface area contributed by atoms with E-state index in [1.54, 1.807) is 0 Å². The summed E-state index contributed by atoms with van der Waals surface area (Å²) in [7, 11) is 0. The highest BCUT2D eigenvalue weighted by Crippen LogP contribution is 2.22. The Labute approximate surface area is 175 Å². The van der Waals surface area contributed by atoms with Gasteiger partial charge in [0.25, 0.3) is 5.78 Å². The van der Waals surface area contributed by atoms with E-state index in [1.807, 2.05) is 22.4 Å². The topological polar surface area (TPSA) is 63.4 Å². The van der Waals surface area contributed by atoms with Gasteiger partial charge in [0.15, 0.2) is 0 Å². The monoisotopic (exact) mass is 409 g/mol. The average molecular weight is 410 g/mol. The number of nitrogens with zero attached hydrogens (tertiary/aromatic N) is 5. The van der Waals surface area contributed by atoms with Crippen molar-refractivity contribution in [3.8, 4) is 0 Å². The summed E-state index contributed by atoms with van der Waals surface area (Å²) in [4.78, 5) is 23.8. The number of hydrogen-bond acceptors (Lipinski definition) is 5. The van der Waals surface area contributed by atoms with Gasteiger partial charge in [-0.1, -0.05) is 49.4 Å². The molecule has 3 aromatic rings. The Morgan fingerprint density at radius 3 is 2.76 bits per heavy atom. The van der Waals surface area contributed by atoms with Crippen molar-refractivity contribution in [1.29, 1.82) is 0 Å². The van der Waals surface area contributed by atoms with E-state index in [1.165, 1.54) is 28.5 Å². The molecule has 3 heterocycles. The van der Waals surface area contributed by atoms with E-state index in [0.29, 0.717) is 23.2 Å². The quantitative estimate of drug-likeness (QED) is 0.580. The van der Waals surface area contributed by atoms with Gasteiger partial charge in [-0.05, 0) is 49.8 Å². The molecule has 1 aliphatic rings. The summed E-state index contributed by atoms with van der Waals surface area (Å²) >= 11 is 1.39. The SMILES string of the molecule is CCCCc1c(C)nc2nc(SCC(=O)N3CCc4ccccc4C3)nn2c1C. The number of amides is 1. The van der Waals surface area contributed by atoms with Gasteiger partial charge >= 0.3 is 0 Å². The molecule has 0 radical (unpaired) electrons. The second-order valence-corrected chi connectivity index (χ2v) is 8.54. The Balaban J connectivity index is 1.44. The Morgan fingerprint density at radius 2 is 1.97 bits per heavy atom. The summed E-state index contributed by atoms with van der Waals surface area (Å²) in [5, 5.41) is 5.22. The maximum atomic E-state index is 12.7. The van der Waals surface area contributed by atoms with Crippen LogP contribution in [-0.4, -0.2) is 42.7 Å². The van der Waals surface area contributed by atoms with Crippen LogP contribution in [-0.2, 0) is 24.2 Å². The summed E-state index contributed by atoms with van der Waals surface area (Å²) in [5.74, 6) is 1.09. The Kier molecular flexibility index (Phi) is 5.85. The number of fused-ring (bicyclic) bond motifs is 2. The minimum absolute atomic E-state index is 0.132. The van der Waals surface area contributed by atoms with E-state index in [9.17, 15) is 4.79 Å². The van der Waals surface area contributed by atoms with E-state index in [2.05, 4.69) is 47.1 Å². The number of aryl methyl sites for hydroxylation is 2. The number of carbonyl (C=O) groups is 1. The van der Waals surface area contributed by atoms with Crippen molar-refractivity contribution in [3.63, 3.8) is 0 Å². The molecule has 0 N–H and O–H groups in total. The first-order valence-corrected chi connectivity index (χ1v) is 11.3. The van der Waals surface area contributed by atoms with Gasteiger partial charge in [0.1, 0.15) is 0 Å². The number of hydrogen-bond donors (Lipinski definition) is 0. The Morgan fingerprint density at radius 1 is 1.17 bits per heavy atom. The molecule has 1 amide bonds. The molecule has 1 aromatic carbocycles. The molecular formula is C22H27N5OS. The zero-order valence-corrected chi connectivity index (χ0v) is 18.1. The van der Waals surface area contributed by atoms with E-state index in [4.69, 9.17) is 0 Å². The zero-order valence-electron chi connectivity index (χ0n) is 17.3. The van der Waals surface area contributed by atoms with Crippen molar-refractivity contribution in [3.05, 3.63) is 52.3 Å². The van der Waals surface area contributed by atoms with Gasteiger partial charge in [-0.2, -0.15) is 4.98 Å². The van der Waals surface area contributed by atoms with Crippen LogP contribution in [0.25, 0.3) is 5.78 Å². The molecule has 2 aromatic heterocycles. The molecule has 0 atom stereocenters. The number of unbranched alkanes of at least 4 members (excludes halogenated alkanes) is 1. The largest absolute Gasteiger partial charge is 0.337 e. The average Bonchev–Trinajstić information content (AvgIpc) is 3.14. The Hall–Kier alpha value is -2.41. The van der Waals surface area contributed by atoms with E-state index in [0.717, 1.165) is 43.6 Å². The second-order valence-electron chi connectivity index (χ2n) is 7.59. The third-order valence-corrected chi connectivity index (χ3v) is 6.44. The number of benzene rings is 1. The third-order valence-electron chi connectivity index (χ3n) is 5.62. The zero-order chi connectivity index (χ0) is 20.4. The van der Waals surface area contributed by atoms with Crippen LogP contribution in [0.1, 0.15) is 47.8 Å². The van der Waals surface area contributed by atoms with Crippen molar-refractivity contribution < 1.29 is 4.79 Å². The predicted molar refractivity (Wildman–Crippen MR) is 115 cm³/mol. The van der Waals surface area contributed by atoms with Crippen molar-refractivity contribution >= 4 is 23.4 Å². The maximum absolute atomic E-state index is 12.7. The highest BCUT2D eigenvalue weighted by molar-refractivity contribution is 7.99. The van der Waals surface area contributed by atoms with Crippen LogP contribution in [0.2, 0.25) is 0 Å². The molecule has 0 unspecified atom stereocenters. The van der Waals surface area contributed by atoms with Gasteiger partial charge in [0.05, 0.1) is 5.75 Å². The van der Waals surface area contributed by atoms with Crippen LogP contribution >= 0.6 is 11.8 Å². The number of rotatable bonds is 6. The summed E-state index contributed by atoms with van der Waals surface area (Å²) in [6.45, 7) is 7.77. The molecule has 0 fully saturated rings. The van der Waals surface area contributed by atoms with Gasteiger partial charge in [0.2, 0.25) is 11.1 Å². The van der Waals surface area contributed by atoms with Crippen molar-refractivity contribution in [2.45, 2.75) is 58.2 Å². The standard InChI is InChI=1S/C22H27N5OS/c1-4-5-10-19-15(2)23-21-24-22(25-27(21)16(19)3)29-14-20(28)26-12-11-17-8-6-7-9-18(17)13-26/h6-9H,4-5,10-14H2,1-3H3. The highest BCUT2D eigenvalue weighted by atomic mass is 32.2. The molecule has 6 nitrogen and oxygen atoms in total. The molecule has 1 aliphatic heterocycles. The van der Waals surface area contributed by atoms with Crippen LogP contribution in [0, 0.1) is 13.8 Å². The lowest BCUT2D eigenvalue weighted by atomic mass is 10.00. The Bertz CT molecular complexity index is 1050. The minimum Gasteiger partial charge on any atom is -0.337 e. The first-order valence-electron chi connectivity index (χ1n) is 10.3. The van der Waals surface area contributed by atoms with E-state index < -0.39 is 0 Å². The van der Waals surface area contributed by atoms with Crippen LogP contribution in [0.4, 0.5) is 0 Å². The molecule has 29 heavy (non-hydrogen) atoms. The molecule has 0 bridgehead atoms. The second kappa shape index (κ2) is 8.53. The number of carbonyl (C=O) groups excluding carboxylic acids is 1. The van der Waals surface area contributed by atoms with Gasteiger partial charge in [0, 0.05) is 24.5 Å². The summed E-state index contributed by atoms with van der Waals surface area (Å²) in [5.41, 5.74) is 5.97. The molecule has 0 saturated carbocycles. The molecule has 152 valence electrons. The van der Waals surface area contributed by atoms with E-state index in [-0.39, 0.29) is 5.91 Å². The molecule has 0 spiro atoms. The summed E-state index contributed by atoms with van der Waals surface area (Å²) in [6, 6.07) is 8.36. The van der Waals surface area contributed by atoms with Crippen molar-refractivity contribution in [2.75, 3.05) is 12.3 Å². The summed E-state index contributed by atoms with van der Waals surface area (Å²) < 4.78 is 1.82. The van der Waals surface area contributed by atoms with Gasteiger partial charge in [-0.25, -0.2) is 9.50 Å². The van der Waals surface area contributed by atoms with Gasteiger partial charge in [-0.3, -0.25) is 4.79 Å². The fourth-order valence-electron chi connectivity index (χ4n) is 3.89. The molecule has 0 saturated heterocycles. The molecule has 7 heteroatoms. The normalized spacial score (nSPS) is 13.7. The lowest BCUT2D eigenvalue weighted by Gasteiger charge is -2.28. The van der Waals surface area contributed by atoms with E-state index >= 15 is 0 Å².